The molecule has 10 heteroatoms. The highest BCUT2D eigenvalue weighted by Gasteiger charge is 2.49. The van der Waals surface area contributed by atoms with E-state index in [1.807, 2.05) is 0 Å². The highest BCUT2D eigenvalue weighted by Crippen LogP contribution is 2.68. The zero-order valence-corrected chi connectivity index (χ0v) is 16.8. The van der Waals surface area contributed by atoms with Gasteiger partial charge in [-0.1, -0.05) is 11.6 Å². The summed E-state index contributed by atoms with van der Waals surface area (Å²) in [6.07, 6.45) is 0.210. The van der Waals surface area contributed by atoms with Crippen LogP contribution in [0.2, 0.25) is 5.02 Å². The second-order valence-electron chi connectivity index (χ2n) is 5.36. The summed E-state index contributed by atoms with van der Waals surface area (Å²) in [5, 5.41) is 0.506. The van der Waals surface area contributed by atoms with Gasteiger partial charge in [0.25, 0.3) is 0 Å². The van der Waals surface area contributed by atoms with E-state index in [1.165, 1.54) is 28.4 Å². The fraction of sp³-hybridized carbons (Fsp3) is 0.571. The second kappa shape index (κ2) is 7.46. The Kier molecular flexibility index (Phi) is 6.20. The Hall–Kier alpha value is -0.390. The third kappa shape index (κ3) is 3.32. The first-order valence-corrected chi connectivity index (χ1v) is 10.8. The lowest BCUT2D eigenvalue weighted by Crippen LogP contribution is -2.38. The molecule has 1 aliphatic rings. The summed E-state index contributed by atoms with van der Waals surface area (Å²) in [5.41, 5.74) is 0.803. The number of benzene rings is 1. The van der Waals surface area contributed by atoms with E-state index >= 15 is 0 Å². The van der Waals surface area contributed by atoms with Crippen LogP contribution in [0.3, 0.4) is 0 Å². The molecule has 1 heterocycles. The molecule has 0 amide bonds. The molecule has 136 valence electrons. The number of nitrogens with zero attached hydrogens (tertiary/aromatic N) is 1. The molecule has 7 nitrogen and oxygen atoms in total. The Balaban J connectivity index is 2.64. The predicted molar refractivity (Wildman–Crippen MR) is 94.3 cm³/mol. The van der Waals surface area contributed by atoms with Crippen LogP contribution < -0.4 is 4.90 Å². The number of hydrogen-bond acceptors (Lipinski definition) is 7. The number of hydrogen-bond donors (Lipinski definition) is 0. The van der Waals surface area contributed by atoms with E-state index in [4.69, 9.17) is 29.7 Å². The van der Waals surface area contributed by atoms with Crippen molar-refractivity contribution in [3.8, 4) is 0 Å². The van der Waals surface area contributed by atoms with Gasteiger partial charge in [0.15, 0.2) is 0 Å². The fourth-order valence-electron chi connectivity index (χ4n) is 3.05. The molecule has 0 saturated carbocycles. The Bertz CT molecular complexity index is 684. The van der Waals surface area contributed by atoms with Gasteiger partial charge in [0.2, 0.25) is 0 Å². The van der Waals surface area contributed by atoms with E-state index in [1.54, 1.807) is 30.1 Å². The van der Waals surface area contributed by atoms with Gasteiger partial charge in [0.1, 0.15) is 5.78 Å². The van der Waals surface area contributed by atoms with Gasteiger partial charge in [-0.05, 0) is 30.2 Å². The molecule has 24 heavy (non-hydrogen) atoms. The van der Waals surface area contributed by atoms with Crippen LogP contribution in [0.25, 0.3) is 0 Å². The van der Waals surface area contributed by atoms with Crippen molar-refractivity contribution in [2.75, 3.05) is 40.4 Å². The molecular weight excluding hydrogens is 376 g/mol. The maximum Gasteiger partial charge on any atom is 0.352 e. The van der Waals surface area contributed by atoms with Crippen molar-refractivity contribution in [3.05, 3.63) is 28.8 Å². The average Bonchev–Trinajstić information content (AvgIpc) is 2.60. The molecule has 0 spiro atoms. The van der Waals surface area contributed by atoms with Crippen LogP contribution in [0.1, 0.15) is 17.6 Å². The quantitative estimate of drug-likeness (QED) is 0.653. The molecule has 0 radical (unpaired) electrons. The molecular formula is C14H22ClNO6P2. The van der Waals surface area contributed by atoms with Gasteiger partial charge in [0.05, 0.1) is 5.66 Å². The lowest BCUT2D eigenvalue weighted by molar-refractivity contribution is 0.250. The van der Waals surface area contributed by atoms with Crippen LogP contribution in [-0.2, 0) is 27.2 Å². The Morgan fingerprint density at radius 2 is 1.58 bits per heavy atom. The summed E-state index contributed by atoms with van der Waals surface area (Å²) in [4.78, 5) is 1.80. The number of fused-ring (bicyclic) bond motifs is 1. The summed E-state index contributed by atoms with van der Waals surface area (Å²) in [6, 6.07) is 5.22. The van der Waals surface area contributed by atoms with Gasteiger partial charge in [0, 0.05) is 46.2 Å². The van der Waals surface area contributed by atoms with E-state index < -0.39 is 26.6 Å². The highest BCUT2D eigenvalue weighted by atomic mass is 35.5. The molecule has 0 saturated heterocycles. The first-order valence-electron chi connectivity index (χ1n) is 7.21. The normalized spacial score (nSPS) is 21.7. The molecule has 0 bridgehead atoms. The van der Waals surface area contributed by atoms with Crippen molar-refractivity contribution in [1.29, 1.82) is 0 Å². The van der Waals surface area contributed by atoms with Gasteiger partial charge in [-0.25, -0.2) is 0 Å². The SMILES string of the molecule is COP(=O)(OC)C1CC(P(=O)(OC)OC)N(C)c2ccc(Cl)cc21. The first kappa shape index (κ1) is 19.9. The van der Waals surface area contributed by atoms with E-state index in [0.29, 0.717) is 10.6 Å². The van der Waals surface area contributed by atoms with Gasteiger partial charge >= 0.3 is 15.2 Å². The van der Waals surface area contributed by atoms with Crippen molar-refractivity contribution < 1.29 is 27.2 Å². The Labute approximate surface area is 147 Å². The molecule has 0 N–H and O–H groups in total. The monoisotopic (exact) mass is 397 g/mol. The minimum Gasteiger partial charge on any atom is -0.360 e. The second-order valence-corrected chi connectivity index (χ2v) is 10.6. The van der Waals surface area contributed by atoms with E-state index in [2.05, 4.69) is 0 Å². The van der Waals surface area contributed by atoms with Crippen molar-refractivity contribution in [2.24, 2.45) is 0 Å². The van der Waals surface area contributed by atoms with Gasteiger partial charge < -0.3 is 23.0 Å². The van der Waals surface area contributed by atoms with Crippen LogP contribution in [0, 0.1) is 0 Å². The summed E-state index contributed by atoms with van der Waals surface area (Å²) >= 11 is 6.11. The molecule has 0 aliphatic carbocycles. The van der Waals surface area contributed by atoms with E-state index in [0.717, 1.165) is 5.69 Å². The number of anilines is 1. The van der Waals surface area contributed by atoms with Crippen LogP contribution in [0.4, 0.5) is 5.69 Å². The number of halogens is 1. The topological polar surface area (TPSA) is 74.3 Å². The minimum atomic E-state index is -3.48. The van der Waals surface area contributed by atoms with Crippen molar-refractivity contribution in [1.82, 2.24) is 0 Å². The predicted octanol–water partition coefficient (Wildman–Crippen LogP) is 4.52. The largest absolute Gasteiger partial charge is 0.360 e. The molecule has 1 aromatic rings. The molecule has 0 fully saturated rings. The fourth-order valence-corrected chi connectivity index (χ4v) is 6.71. The Morgan fingerprint density at radius 3 is 2.08 bits per heavy atom. The lowest BCUT2D eigenvalue weighted by Gasteiger charge is -2.42. The van der Waals surface area contributed by atoms with Crippen molar-refractivity contribution >= 4 is 32.5 Å². The van der Waals surface area contributed by atoms with Gasteiger partial charge in [-0.15, -0.1) is 0 Å². The molecule has 2 atom stereocenters. The van der Waals surface area contributed by atoms with E-state index in [-0.39, 0.29) is 6.42 Å². The third-order valence-corrected chi connectivity index (χ3v) is 9.19. The van der Waals surface area contributed by atoms with Crippen LogP contribution >= 0.6 is 26.8 Å². The smallest absolute Gasteiger partial charge is 0.352 e. The van der Waals surface area contributed by atoms with Gasteiger partial charge in [-0.3, -0.25) is 9.13 Å². The zero-order valence-electron chi connectivity index (χ0n) is 14.3. The maximum absolute atomic E-state index is 13.1. The summed E-state index contributed by atoms with van der Waals surface area (Å²) < 4.78 is 46.7. The lowest BCUT2D eigenvalue weighted by atomic mass is 10.0. The molecule has 2 unspecified atom stereocenters. The maximum atomic E-state index is 13.1. The standard InChI is InChI=1S/C14H22ClNO6P2/c1-16-12-7-6-10(15)8-11(12)13(23(17,19-2)20-3)9-14(16)24(18,21-4)22-5/h6-8,13-14H,9H2,1-5H3. The zero-order chi connectivity index (χ0) is 18.1. The molecule has 0 aromatic heterocycles. The molecule has 1 aromatic carbocycles. The van der Waals surface area contributed by atoms with Gasteiger partial charge in [-0.2, -0.15) is 0 Å². The van der Waals surface area contributed by atoms with Crippen LogP contribution in [0.5, 0.6) is 0 Å². The average molecular weight is 398 g/mol. The highest BCUT2D eigenvalue weighted by molar-refractivity contribution is 7.55. The minimum absolute atomic E-state index is 0.210. The van der Waals surface area contributed by atoms with Crippen LogP contribution in [0.15, 0.2) is 18.2 Å². The van der Waals surface area contributed by atoms with E-state index in [9.17, 15) is 9.13 Å². The summed E-state index contributed by atoms with van der Waals surface area (Å²) in [7, 11) is 0.168. The first-order chi connectivity index (χ1) is 11.3. The van der Waals surface area contributed by atoms with Crippen molar-refractivity contribution in [3.63, 3.8) is 0 Å². The summed E-state index contributed by atoms with van der Waals surface area (Å²) in [6.45, 7) is 0. The van der Waals surface area contributed by atoms with Crippen molar-refractivity contribution in [2.45, 2.75) is 17.9 Å². The third-order valence-electron chi connectivity index (χ3n) is 4.37. The van der Waals surface area contributed by atoms with Crippen LogP contribution in [-0.4, -0.2) is 41.3 Å². The molecule has 1 aliphatic heterocycles. The summed E-state index contributed by atoms with van der Waals surface area (Å²) in [5.74, 6) is -0.634. The molecule has 2 rings (SSSR count). The number of rotatable bonds is 6. The Morgan fingerprint density at radius 1 is 1.04 bits per heavy atom.